The van der Waals surface area contributed by atoms with Gasteiger partial charge < -0.3 is 0 Å². The maximum atomic E-state index is 5.68. The zero-order valence-electron chi connectivity index (χ0n) is 11.1. The third-order valence-corrected chi connectivity index (χ3v) is 3.37. The Bertz CT molecular complexity index is 530. The molecule has 0 saturated heterocycles. The Kier molecular flexibility index (Phi) is 3.79. The topological polar surface area (TPSA) is 55.9 Å². The van der Waals surface area contributed by atoms with Crippen molar-refractivity contribution >= 4 is 0 Å². The first-order valence-corrected chi connectivity index (χ1v) is 6.12. The second kappa shape index (κ2) is 5.33. The van der Waals surface area contributed by atoms with Gasteiger partial charge in [-0.3, -0.25) is 16.0 Å². The average molecular weight is 244 g/mol. The smallest absolute Gasteiger partial charge is 0.0540 e. The van der Waals surface area contributed by atoms with Gasteiger partial charge in [-0.1, -0.05) is 29.8 Å². The van der Waals surface area contributed by atoms with Crippen LogP contribution in [0.1, 0.15) is 28.4 Å². The highest BCUT2D eigenvalue weighted by molar-refractivity contribution is 5.27. The number of aryl methyl sites for hydroxylation is 2. The number of nitrogens with two attached hydrogens (primary N) is 1. The third kappa shape index (κ3) is 2.60. The van der Waals surface area contributed by atoms with E-state index in [4.69, 9.17) is 5.84 Å². The van der Waals surface area contributed by atoms with Gasteiger partial charge >= 0.3 is 0 Å². The summed E-state index contributed by atoms with van der Waals surface area (Å²) in [7, 11) is 1.94. The van der Waals surface area contributed by atoms with Crippen LogP contribution in [0.2, 0.25) is 0 Å². The summed E-state index contributed by atoms with van der Waals surface area (Å²) in [5.74, 6) is 5.68. The summed E-state index contributed by atoms with van der Waals surface area (Å²) in [6.45, 7) is 4.16. The van der Waals surface area contributed by atoms with E-state index in [1.165, 1.54) is 11.1 Å². The van der Waals surface area contributed by atoms with E-state index in [0.717, 1.165) is 17.7 Å². The molecule has 96 valence electrons. The molecule has 4 nitrogen and oxygen atoms in total. The van der Waals surface area contributed by atoms with E-state index in [1.54, 1.807) is 0 Å². The van der Waals surface area contributed by atoms with Crippen molar-refractivity contribution in [2.24, 2.45) is 12.9 Å². The van der Waals surface area contributed by atoms with E-state index in [2.05, 4.69) is 48.6 Å². The monoisotopic (exact) mass is 244 g/mol. The van der Waals surface area contributed by atoms with E-state index in [-0.39, 0.29) is 6.04 Å². The molecular weight excluding hydrogens is 224 g/mol. The van der Waals surface area contributed by atoms with Crippen LogP contribution in [-0.4, -0.2) is 9.78 Å². The van der Waals surface area contributed by atoms with Crippen LogP contribution in [0.3, 0.4) is 0 Å². The Morgan fingerprint density at radius 1 is 1.39 bits per heavy atom. The van der Waals surface area contributed by atoms with Gasteiger partial charge in [0.25, 0.3) is 0 Å². The fourth-order valence-corrected chi connectivity index (χ4v) is 2.19. The minimum absolute atomic E-state index is 0.0977. The van der Waals surface area contributed by atoms with Crippen molar-refractivity contribution in [1.82, 2.24) is 15.2 Å². The first-order valence-electron chi connectivity index (χ1n) is 6.12. The van der Waals surface area contributed by atoms with Crippen LogP contribution in [0, 0.1) is 13.8 Å². The fourth-order valence-electron chi connectivity index (χ4n) is 2.19. The summed E-state index contributed by atoms with van der Waals surface area (Å²) >= 11 is 0. The summed E-state index contributed by atoms with van der Waals surface area (Å²) in [6, 6.07) is 8.59. The highest BCUT2D eigenvalue weighted by Gasteiger charge is 2.15. The summed E-state index contributed by atoms with van der Waals surface area (Å²) in [5, 5.41) is 4.27. The minimum Gasteiger partial charge on any atom is -0.273 e. The van der Waals surface area contributed by atoms with Gasteiger partial charge in [-0.15, -0.1) is 0 Å². The van der Waals surface area contributed by atoms with Gasteiger partial charge in [0.05, 0.1) is 12.2 Å². The summed E-state index contributed by atoms with van der Waals surface area (Å²) in [6.07, 6.45) is 2.75. The molecule has 1 unspecified atom stereocenters. The second-order valence-corrected chi connectivity index (χ2v) is 4.72. The van der Waals surface area contributed by atoms with Crippen molar-refractivity contribution in [2.45, 2.75) is 26.3 Å². The standard InChI is InChI=1S/C14H20N4/c1-10-5-4-6-12(7-10)8-14(17-15)13-9-16-18(3)11(13)2/h4-7,9,14,17H,8,15H2,1-3H3. The number of nitrogens with one attached hydrogen (secondary N) is 1. The van der Waals surface area contributed by atoms with Crippen LogP contribution in [0.25, 0.3) is 0 Å². The molecule has 1 aromatic carbocycles. The van der Waals surface area contributed by atoms with E-state index in [1.807, 2.05) is 17.9 Å². The van der Waals surface area contributed by atoms with E-state index in [9.17, 15) is 0 Å². The molecule has 1 atom stereocenters. The number of nitrogens with zero attached hydrogens (tertiary/aromatic N) is 2. The van der Waals surface area contributed by atoms with Crippen molar-refractivity contribution in [3.63, 3.8) is 0 Å². The Morgan fingerprint density at radius 3 is 2.72 bits per heavy atom. The quantitative estimate of drug-likeness (QED) is 0.637. The number of benzene rings is 1. The minimum atomic E-state index is 0.0977. The maximum absolute atomic E-state index is 5.68. The van der Waals surface area contributed by atoms with Crippen molar-refractivity contribution in [3.05, 3.63) is 52.8 Å². The molecule has 18 heavy (non-hydrogen) atoms. The Labute approximate surface area is 108 Å². The average Bonchev–Trinajstić information content (AvgIpc) is 2.67. The molecule has 0 aliphatic rings. The molecule has 0 radical (unpaired) electrons. The summed E-state index contributed by atoms with van der Waals surface area (Å²) in [4.78, 5) is 0. The molecule has 0 amide bonds. The lowest BCUT2D eigenvalue weighted by Crippen LogP contribution is -2.30. The molecule has 0 spiro atoms. The zero-order chi connectivity index (χ0) is 13.1. The fraction of sp³-hybridized carbons (Fsp3) is 0.357. The molecule has 0 aliphatic heterocycles. The Balaban J connectivity index is 2.22. The molecule has 0 aliphatic carbocycles. The lowest BCUT2D eigenvalue weighted by molar-refractivity contribution is 0.548. The zero-order valence-corrected chi connectivity index (χ0v) is 11.1. The van der Waals surface area contributed by atoms with Crippen LogP contribution < -0.4 is 11.3 Å². The number of hydrogen-bond acceptors (Lipinski definition) is 3. The maximum Gasteiger partial charge on any atom is 0.0540 e. The molecule has 2 rings (SSSR count). The first kappa shape index (κ1) is 12.8. The lowest BCUT2D eigenvalue weighted by atomic mass is 9.99. The van der Waals surface area contributed by atoms with Crippen LogP contribution in [0.15, 0.2) is 30.5 Å². The number of rotatable bonds is 4. The Hall–Kier alpha value is -1.65. The van der Waals surface area contributed by atoms with E-state index in [0.29, 0.717) is 0 Å². The molecule has 4 heteroatoms. The van der Waals surface area contributed by atoms with Crippen LogP contribution in [-0.2, 0) is 13.5 Å². The summed E-state index contributed by atoms with van der Waals surface area (Å²) < 4.78 is 1.87. The number of aromatic nitrogens is 2. The van der Waals surface area contributed by atoms with Crippen molar-refractivity contribution in [2.75, 3.05) is 0 Å². The van der Waals surface area contributed by atoms with E-state index < -0.39 is 0 Å². The SMILES string of the molecule is Cc1cccc(CC(NN)c2cnn(C)c2C)c1. The highest BCUT2D eigenvalue weighted by atomic mass is 15.3. The van der Waals surface area contributed by atoms with Gasteiger partial charge in [0.1, 0.15) is 0 Å². The second-order valence-electron chi connectivity index (χ2n) is 4.72. The van der Waals surface area contributed by atoms with Crippen LogP contribution >= 0.6 is 0 Å². The lowest BCUT2D eigenvalue weighted by Gasteiger charge is -2.16. The molecule has 1 heterocycles. The predicted octanol–water partition coefficient (Wildman–Crippen LogP) is 1.78. The molecule has 2 aromatic rings. The first-order chi connectivity index (χ1) is 8.61. The number of hydrazine groups is 1. The number of hydrogen-bond donors (Lipinski definition) is 2. The van der Waals surface area contributed by atoms with E-state index >= 15 is 0 Å². The largest absolute Gasteiger partial charge is 0.273 e. The highest BCUT2D eigenvalue weighted by Crippen LogP contribution is 2.20. The van der Waals surface area contributed by atoms with Crippen LogP contribution in [0.5, 0.6) is 0 Å². The summed E-state index contributed by atoms with van der Waals surface area (Å²) in [5.41, 5.74) is 7.73. The van der Waals surface area contributed by atoms with Crippen molar-refractivity contribution in [3.8, 4) is 0 Å². The van der Waals surface area contributed by atoms with Crippen LogP contribution in [0.4, 0.5) is 0 Å². The molecule has 1 aromatic heterocycles. The molecule has 3 N–H and O–H groups in total. The van der Waals surface area contributed by atoms with Gasteiger partial charge in [-0.2, -0.15) is 5.10 Å². The molecule has 0 saturated carbocycles. The molecule has 0 bridgehead atoms. The van der Waals surface area contributed by atoms with Crippen molar-refractivity contribution < 1.29 is 0 Å². The van der Waals surface area contributed by atoms with Gasteiger partial charge in [0.2, 0.25) is 0 Å². The third-order valence-electron chi connectivity index (χ3n) is 3.37. The van der Waals surface area contributed by atoms with Crippen molar-refractivity contribution in [1.29, 1.82) is 0 Å². The van der Waals surface area contributed by atoms with Gasteiger partial charge in [-0.25, -0.2) is 0 Å². The van der Waals surface area contributed by atoms with Gasteiger partial charge in [-0.05, 0) is 25.8 Å². The Morgan fingerprint density at radius 2 is 2.17 bits per heavy atom. The normalized spacial score (nSPS) is 12.7. The van der Waals surface area contributed by atoms with Gasteiger partial charge in [0, 0.05) is 18.3 Å². The molecular formula is C14H20N4. The predicted molar refractivity (Wildman–Crippen MR) is 72.9 cm³/mol. The van der Waals surface area contributed by atoms with Gasteiger partial charge in [0.15, 0.2) is 0 Å². The molecule has 0 fully saturated rings.